The van der Waals surface area contributed by atoms with Gasteiger partial charge >= 0.3 is 0 Å². The van der Waals surface area contributed by atoms with E-state index in [2.05, 4.69) is 9.97 Å². The van der Waals surface area contributed by atoms with Crippen LogP contribution >= 0.6 is 0 Å². The summed E-state index contributed by atoms with van der Waals surface area (Å²) in [5.74, 6) is -0.438. The van der Waals surface area contributed by atoms with Gasteiger partial charge in [0.25, 0.3) is 5.56 Å². The minimum atomic E-state index is -0.851. The molecule has 1 rings (SSSR count). The Balaban J connectivity index is 3.02. The van der Waals surface area contributed by atoms with E-state index in [1.54, 1.807) is 0 Å². The number of aromatic amines is 1. The third-order valence-electron chi connectivity index (χ3n) is 1.81. The number of hydrogen-bond donors (Lipinski definition) is 1. The predicted octanol–water partition coefficient (Wildman–Crippen LogP) is 0.755. The lowest BCUT2D eigenvalue weighted by Crippen LogP contribution is -2.27. The quantitative estimate of drug-likeness (QED) is 0.756. The van der Waals surface area contributed by atoms with Crippen LogP contribution in [0.1, 0.15) is 13.8 Å². The van der Waals surface area contributed by atoms with Crippen LogP contribution in [0.2, 0.25) is 0 Å². The lowest BCUT2D eigenvalue weighted by Gasteiger charge is -2.18. The van der Waals surface area contributed by atoms with Gasteiger partial charge in [-0.3, -0.25) is 9.78 Å². The largest absolute Gasteiger partial charge is 0.343 e. The van der Waals surface area contributed by atoms with Crippen LogP contribution in [0.15, 0.2) is 11.0 Å². The Labute approximate surface area is 75.4 Å². The molecule has 0 aliphatic rings. The Morgan fingerprint density at radius 3 is 2.62 bits per heavy atom. The zero-order chi connectivity index (χ0) is 9.84. The van der Waals surface area contributed by atoms with Crippen molar-refractivity contribution < 1.29 is 4.39 Å². The molecule has 0 bridgehead atoms. The zero-order valence-corrected chi connectivity index (χ0v) is 7.67. The standard InChI is InChI=1S/C8H12FN3O/c1-3-12(4-2)8-10-5-6(9)7(13)11-8/h5H,3-4H2,1-2H3,(H,10,11,13). The summed E-state index contributed by atoms with van der Waals surface area (Å²) in [6.07, 6.45) is 0.937. The molecular weight excluding hydrogens is 173 g/mol. The summed E-state index contributed by atoms with van der Waals surface area (Å²) in [5, 5.41) is 0. The molecule has 0 spiro atoms. The van der Waals surface area contributed by atoms with E-state index in [9.17, 15) is 9.18 Å². The van der Waals surface area contributed by atoms with E-state index in [-0.39, 0.29) is 0 Å². The predicted molar refractivity (Wildman–Crippen MR) is 48.4 cm³/mol. The van der Waals surface area contributed by atoms with Crippen molar-refractivity contribution in [3.8, 4) is 0 Å². The van der Waals surface area contributed by atoms with Crippen LogP contribution in [0.25, 0.3) is 0 Å². The molecule has 0 saturated heterocycles. The minimum absolute atomic E-state index is 0.413. The second-order valence-corrected chi connectivity index (χ2v) is 2.56. The van der Waals surface area contributed by atoms with Crippen LogP contribution in [0, 0.1) is 5.82 Å². The Morgan fingerprint density at radius 1 is 1.54 bits per heavy atom. The number of rotatable bonds is 3. The van der Waals surface area contributed by atoms with Gasteiger partial charge in [-0.15, -0.1) is 0 Å². The third kappa shape index (κ3) is 2.05. The molecule has 0 fully saturated rings. The molecule has 0 atom stereocenters. The average Bonchev–Trinajstić information content (AvgIpc) is 2.13. The summed E-state index contributed by atoms with van der Waals surface area (Å²) in [4.78, 5) is 18.9. The summed E-state index contributed by atoms with van der Waals surface area (Å²) in [6, 6.07) is 0. The van der Waals surface area contributed by atoms with Crippen LogP contribution in [0.3, 0.4) is 0 Å². The lowest BCUT2D eigenvalue weighted by atomic mass is 10.5. The van der Waals surface area contributed by atoms with Crippen molar-refractivity contribution >= 4 is 5.95 Å². The van der Waals surface area contributed by atoms with Gasteiger partial charge in [0, 0.05) is 13.1 Å². The maximum Gasteiger partial charge on any atom is 0.288 e. The zero-order valence-electron chi connectivity index (χ0n) is 7.67. The average molecular weight is 185 g/mol. The SMILES string of the molecule is CCN(CC)c1ncc(F)c(=O)[nH]1. The van der Waals surface area contributed by atoms with Crippen LogP contribution in [0.4, 0.5) is 10.3 Å². The Bertz CT molecular complexity index is 332. The number of nitrogens with zero attached hydrogens (tertiary/aromatic N) is 2. The van der Waals surface area contributed by atoms with Gasteiger partial charge in [0.15, 0.2) is 0 Å². The molecule has 0 radical (unpaired) electrons. The molecule has 0 amide bonds. The van der Waals surface area contributed by atoms with Gasteiger partial charge in [-0.1, -0.05) is 0 Å². The van der Waals surface area contributed by atoms with Gasteiger partial charge in [0.1, 0.15) is 0 Å². The van der Waals surface area contributed by atoms with Gasteiger partial charge in [-0.05, 0) is 13.8 Å². The number of nitrogens with one attached hydrogen (secondary N) is 1. The van der Waals surface area contributed by atoms with E-state index >= 15 is 0 Å². The molecule has 5 heteroatoms. The van der Waals surface area contributed by atoms with E-state index in [0.717, 1.165) is 19.3 Å². The van der Waals surface area contributed by atoms with Crippen LogP contribution in [0.5, 0.6) is 0 Å². The Hall–Kier alpha value is -1.39. The summed E-state index contributed by atoms with van der Waals surface area (Å²) >= 11 is 0. The molecule has 1 N–H and O–H groups in total. The summed E-state index contributed by atoms with van der Waals surface area (Å²) in [5.41, 5.74) is -0.725. The molecule has 0 aromatic carbocycles. The number of hydrogen-bond acceptors (Lipinski definition) is 3. The summed E-state index contributed by atoms with van der Waals surface area (Å²) in [6.45, 7) is 5.33. The molecular formula is C8H12FN3O. The van der Waals surface area contributed by atoms with Crippen molar-refractivity contribution in [3.05, 3.63) is 22.4 Å². The van der Waals surface area contributed by atoms with E-state index in [0.29, 0.717) is 5.95 Å². The Kier molecular flexibility index (Phi) is 3.00. The number of anilines is 1. The molecule has 0 unspecified atom stereocenters. The summed E-state index contributed by atoms with van der Waals surface area (Å²) < 4.78 is 12.5. The second-order valence-electron chi connectivity index (χ2n) is 2.56. The fraction of sp³-hybridized carbons (Fsp3) is 0.500. The van der Waals surface area contributed by atoms with Gasteiger partial charge < -0.3 is 4.90 Å². The number of halogens is 1. The molecule has 4 nitrogen and oxygen atoms in total. The molecule has 1 aromatic heterocycles. The summed E-state index contributed by atoms with van der Waals surface area (Å²) in [7, 11) is 0. The molecule has 13 heavy (non-hydrogen) atoms. The number of H-pyrrole nitrogens is 1. The normalized spacial score (nSPS) is 10.1. The first-order valence-electron chi connectivity index (χ1n) is 4.18. The first-order chi connectivity index (χ1) is 6.19. The van der Waals surface area contributed by atoms with Crippen molar-refractivity contribution in [2.75, 3.05) is 18.0 Å². The van der Waals surface area contributed by atoms with Crippen molar-refractivity contribution in [2.24, 2.45) is 0 Å². The monoisotopic (exact) mass is 185 g/mol. The smallest absolute Gasteiger partial charge is 0.288 e. The van der Waals surface area contributed by atoms with Gasteiger partial charge in [-0.2, -0.15) is 4.39 Å². The first-order valence-corrected chi connectivity index (χ1v) is 4.18. The van der Waals surface area contributed by atoms with Gasteiger partial charge in [0.05, 0.1) is 6.20 Å². The third-order valence-corrected chi connectivity index (χ3v) is 1.81. The van der Waals surface area contributed by atoms with E-state index in [1.165, 1.54) is 0 Å². The van der Waals surface area contributed by atoms with E-state index in [1.807, 2.05) is 18.7 Å². The molecule has 72 valence electrons. The lowest BCUT2D eigenvalue weighted by molar-refractivity contribution is 0.598. The van der Waals surface area contributed by atoms with Crippen molar-refractivity contribution in [2.45, 2.75) is 13.8 Å². The van der Waals surface area contributed by atoms with Crippen molar-refractivity contribution in [1.82, 2.24) is 9.97 Å². The topological polar surface area (TPSA) is 49.0 Å². The molecule has 1 heterocycles. The van der Waals surface area contributed by atoms with Crippen molar-refractivity contribution in [3.63, 3.8) is 0 Å². The number of aromatic nitrogens is 2. The highest BCUT2D eigenvalue weighted by atomic mass is 19.1. The molecule has 0 aliphatic heterocycles. The van der Waals surface area contributed by atoms with Crippen LogP contribution in [-0.2, 0) is 0 Å². The Morgan fingerprint density at radius 2 is 2.15 bits per heavy atom. The van der Waals surface area contributed by atoms with E-state index in [4.69, 9.17) is 0 Å². The van der Waals surface area contributed by atoms with Crippen LogP contribution < -0.4 is 10.5 Å². The highest BCUT2D eigenvalue weighted by Crippen LogP contribution is 2.02. The highest BCUT2D eigenvalue weighted by molar-refractivity contribution is 5.27. The van der Waals surface area contributed by atoms with E-state index < -0.39 is 11.4 Å². The second kappa shape index (κ2) is 4.02. The van der Waals surface area contributed by atoms with Gasteiger partial charge in [-0.25, -0.2) is 4.98 Å². The fourth-order valence-corrected chi connectivity index (χ4v) is 1.05. The maximum absolute atomic E-state index is 12.5. The van der Waals surface area contributed by atoms with Crippen molar-refractivity contribution in [1.29, 1.82) is 0 Å². The molecule has 0 saturated carbocycles. The maximum atomic E-state index is 12.5. The van der Waals surface area contributed by atoms with Crippen LogP contribution in [-0.4, -0.2) is 23.1 Å². The molecule has 0 aliphatic carbocycles. The highest BCUT2D eigenvalue weighted by Gasteiger charge is 2.05. The first kappa shape index (κ1) is 9.70. The molecule has 1 aromatic rings. The minimum Gasteiger partial charge on any atom is -0.343 e. The van der Waals surface area contributed by atoms with Gasteiger partial charge in [0.2, 0.25) is 11.8 Å². The fourth-order valence-electron chi connectivity index (χ4n) is 1.05.